The summed E-state index contributed by atoms with van der Waals surface area (Å²) in [6.45, 7) is 0. The van der Waals surface area contributed by atoms with Gasteiger partial charge in [0.15, 0.2) is 28.9 Å². The van der Waals surface area contributed by atoms with Crippen molar-refractivity contribution in [2.75, 3.05) is 0 Å². The number of furan rings is 2. The molecular weight excluding hydrogens is 723 g/mol. The third-order valence-corrected chi connectivity index (χ3v) is 11.7. The van der Waals surface area contributed by atoms with Gasteiger partial charge in [-0.25, -0.2) is 24.9 Å². The van der Waals surface area contributed by atoms with E-state index in [-0.39, 0.29) is 0 Å². The number of para-hydroxylation sites is 2. The summed E-state index contributed by atoms with van der Waals surface area (Å²) in [6, 6.07) is 55.3. The van der Waals surface area contributed by atoms with Gasteiger partial charge in [-0.1, -0.05) is 115 Å². The molecule has 5 aromatic heterocycles. The van der Waals surface area contributed by atoms with E-state index in [1.54, 1.807) is 11.3 Å². The Morgan fingerprint density at radius 1 is 0.368 bits per heavy atom. The molecule has 8 heteroatoms. The number of thiophene rings is 1. The number of rotatable bonds is 5. The van der Waals surface area contributed by atoms with E-state index in [2.05, 4.69) is 54.6 Å². The lowest BCUT2D eigenvalue weighted by Gasteiger charge is -2.09. The fourth-order valence-corrected chi connectivity index (χ4v) is 9.05. The van der Waals surface area contributed by atoms with Crippen molar-refractivity contribution >= 4 is 75.5 Å². The molecule has 5 heterocycles. The second-order valence-electron chi connectivity index (χ2n) is 14.0. The van der Waals surface area contributed by atoms with Crippen LogP contribution in [0.5, 0.6) is 0 Å². The van der Waals surface area contributed by atoms with Gasteiger partial charge in [0.05, 0.1) is 5.56 Å². The highest BCUT2D eigenvalue weighted by atomic mass is 32.1. The van der Waals surface area contributed by atoms with Crippen molar-refractivity contribution in [3.05, 3.63) is 164 Å². The molecule has 266 valence electrons. The third kappa shape index (κ3) is 5.08. The second kappa shape index (κ2) is 12.5. The Morgan fingerprint density at radius 3 is 1.84 bits per heavy atom. The number of fused-ring (bicyclic) bond motifs is 9. The zero-order valence-corrected chi connectivity index (χ0v) is 30.9. The lowest BCUT2D eigenvalue weighted by molar-refractivity contribution is 0.666. The predicted octanol–water partition coefficient (Wildman–Crippen LogP) is 13.2. The van der Waals surface area contributed by atoms with Crippen LogP contribution in [0.15, 0.2) is 173 Å². The van der Waals surface area contributed by atoms with Crippen molar-refractivity contribution in [1.29, 1.82) is 0 Å². The monoisotopic (exact) mass is 749 g/mol. The van der Waals surface area contributed by atoms with E-state index in [9.17, 15) is 0 Å². The molecule has 0 radical (unpaired) electrons. The van der Waals surface area contributed by atoms with Gasteiger partial charge in [-0.2, -0.15) is 0 Å². The molecule has 0 aliphatic heterocycles. The van der Waals surface area contributed by atoms with E-state index in [1.807, 2.05) is 109 Å². The minimum atomic E-state index is 0.558. The molecule has 0 saturated carbocycles. The van der Waals surface area contributed by atoms with Gasteiger partial charge >= 0.3 is 0 Å². The summed E-state index contributed by atoms with van der Waals surface area (Å²) in [4.78, 5) is 25.6. The molecule has 0 aliphatic rings. The first-order valence-electron chi connectivity index (χ1n) is 18.7. The van der Waals surface area contributed by atoms with E-state index >= 15 is 0 Å². The molecule has 57 heavy (non-hydrogen) atoms. The van der Waals surface area contributed by atoms with Crippen molar-refractivity contribution in [1.82, 2.24) is 24.9 Å². The average Bonchev–Trinajstić information content (AvgIpc) is 3.98. The molecule has 0 bridgehead atoms. The largest absolute Gasteiger partial charge is 0.455 e. The summed E-state index contributed by atoms with van der Waals surface area (Å²) in [5, 5.41) is 5.16. The van der Waals surface area contributed by atoms with Crippen LogP contribution >= 0.6 is 11.3 Å². The zero-order valence-electron chi connectivity index (χ0n) is 30.0. The van der Waals surface area contributed by atoms with Crippen LogP contribution in [0.2, 0.25) is 0 Å². The first kappa shape index (κ1) is 31.8. The molecule has 7 nitrogen and oxygen atoms in total. The maximum absolute atomic E-state index is 6.67. The molecule has 0 saturated heterocycles. The van der Waals surface area contributed by atoms with Crippen LogP contribution in [0.25, 0.3) is 121 Å². The summed E-state index contributed by atoms with van der Waals surface area (Å²) < 4.78 is 15.5. The molecule has 0 unspecified atom stereocenters. The van der Waals surface area contributed by atoms with E-state index < -0.39 is 0 Å². The van der Waals surface area contributed by atoms with Gasteiger partial charge in [0.2, 0.25) is 0 Å². The lowest BCUT2D eigenvalue weighted by Crippen LogP contribution is -2.00. The zero-order chi connectivity index (χ0) is 37.5. The van der Waals surface area contributed by atoms with Crippen molar-refractivity contribution in [3.8, 4) is 56.8 Å². The van der Waals surface area contributed by atoms with Gasteiger partial charge in [0.1, 0.15) is 28.0 Å². The summed E-state index contributed by atoms with van der Waals surface area (Å²) >= 11 is 1.78. The Labute approximate surface area is 328 Å². The normalized spacial score (nSPS) is 11.9. The molecular formula is C49H27N5O2S. The van der Waals surface area contributed by atoms with Crippen LogP contribution in [-0.4, -0.2) is 24.9 Å². The van der Waals surface area contributed by atoms with Gasteiger partial charge < -0.3 is 8.83 Å². The van der Waals surface area contributed by atoms with Gasteiger partial charge in [-0.15, -0.1) is 11.3 Å². The molecule has 0 amide bonds. The van der Waals surface area contributed by atoms with Gasteiger partial charge in [0.25, 0.3) is 0 Å². The van der Waals surface area contributed by atoms with Gasteiger partial charge in [0, 0.05) is 58.6 Å². The Kier molecular flexibility index (Phi) is 6.96. The first-order valence-corrected chi connectivity index (χ1v) is 19.5. The fraction of sp³-hybridized carbons (Fsp3) is 0. The molecule has 0 atom stereocenters. The maximum atomic E-state index is 6.67. The Bertz CT molecular complexity index is 3540. The standard InChI is InChI=1S/C49H27N5O2S/c1-3-13-28(14-4-1)42-45-43(32-17-7-9-22-37(32)56-45)51-49(50-42)35-21-11-19-31-36-27-30(25-26-38(36)55-44(31)35)47-52-46(29-15-5-2-6-16-29)53-48(54-47)34-20-12-24-40-41(34)33-18-8-10-23-39(33)57-40/h1-27H. The predicted molar refractivity (Wildman–Crippen MR) is 230 cm³/mol. The van der Waals surface area contributed by atoms with E-state index in [1.165, 1.54) is 14.8 Å². The smallest absolute Gasteiger partial charge is 0.180 e. The molecule has 0 fully saturated rings. The van der Waals surface area contributed by atoms with Crippen molar-refractivity contribution in [3.63, 3.8) is 0 Å². The lowest BCUT2D eigenvalue weighted by atomic mass is 10.0. The van der Waals surface area contributed by atoms with Crippen molar-refractivity contribution in [2.24, 2.45) is 0 Å². The summed E-state index contributed by atoms with van der Waals surface area (Å²) in [5.41, 5.74) is 8.84. The molecule has 0 aliphatic carbocycles. The van der Waals surface area contributed by atoms with E-state index in [0.717, 1.165) is 71.7 Å². The van der Waals surface area contributed by atoms with Crippen LogP contribution in [0.3, 0.4) is 0 Å². The van der Waals surface area contributed by atoms with Crippen LogP contribution in [-0.2, 0) is 0 Å². The Balaban J connectivity index is 1.05. The van der Waals surface area contributed by atoms with E-state index in [4.69, 9.17) is 33.8 Å². The SMILES string of the molecule is c1ccc(-c2nc(-c3ccc4oc5c(-c6nc(-c7ccccc7)c7oc8ccccc8c7n6)cccc5c4c3)nc(-c3cccc4sc5ccccc5c34)n2)cc1. The fourth-order valence-electron chi connectivity index (χ4n) is 7.92. The Morgan fingerprint density at radius 2 is 0.982 bits per heavy atom. The number of hydrogen-bond acceptors (Lipinski definition) is 8. The molecule has 12 aromatic rings. The number of aromatic nitrogens is 5. The van der Waals surface area contributed by atoms with Crippen LogP contribution in [0.4, 0.5) is 0 Å². The van der Waals surface area contributed by atoms with Gasteiger partial charge in [-0.05, 0) is 48.5 Å². The highest BCUT2D eigenvalue weighted by Gasteiger charge is 2.22. The number of hydrogen-bond donors (Lipinski definition) is 0. The average molecular weight is 750 g/mol. The van der Waals surface area contributed by atoms with Gasteiger partial charge in [-0.3, -0.25) is 0 Å². The quantitative estimate of drug-likeness (QED) is 0.173. The first-order chi connectivity index (χ1) is 28.2. The third-order valence-electron chi connectivity index (χ3n) is 10.6. The Hall–Kier alpha value is -7.55. The molecule has 0 spiro atoms. The minimum absolute atomic E-state index is 0.558. The van der Waals surface area contributed by atoms with Crippen molar-refractivity contribution < 1.29 is 8.83 Å². The second-order valence-corrected chi connectivity index (χ2v) is 15.1. The maximum Gasteiger partial charge on any atom is 0.180 e. The summed E-state index contributed by atoms with van der Waals surface area (Å²) in [7, 11) is 0. The molecule has 12 rings (SSSR count). The van der Waals surface area contributed by atoms with Crippen LogP contribution in [0, 0.1) is 0 Å². The topological polar surface area (TPSA) is 90.7 Å². The van der Waals surface area contributed by atoms with Crippen LogP contribution in [0.1, 0.15) is 0 Å². The van der Waals surface area contributed by atoms with Crippen LogP contribution < -0.4 is 0 Å². The van der Waals surface area contributed by atoms with E-state index in [0.29, 0.717) is 34.5 Å². The summed E-state index contributed by atoms with van der Waals surface area (Å²) in [6.07, 6.45) is 0. The molecule has 7 aromatic carbocycles. The molecule has 0 N–H and O–H groups in total. The number of nitrogens with zero attached hydrogens (tertiary/aromatic N) is 5. The van der Waals surface area contributed by atoms with Crippen molar-refractivity contribution in [2.45, 2.75) is 0 Å². The minimum Gasteiger partial charge on any atom is -0.455 e. The summed E-state index contributed by atoms with van der Waals surface area (Å²) in [5.74, 6) is 2.37. The number of benzene rings is 7. The highest BCUT2D eigenvalue weighted by Crippen LogP contribution is 2.42. The highest BCUT2D eigenvalue weighted by molar-refractivity contribution is 7.25.